The molecule has 1 aliphatic heterocycles. The predicted octanol–water partition coefficient (Wildman–Crippen LogP) is 1.68. The molecule has 17 heavy (non-hydrogen) atoms. The standard InChI is InChI=1S/C11H12ClN3OS/c12-5-1-2-7-8(3-5)17-11(15-7)10-9(14)6(13)4-16-10/h1-3,6,9-10H,4,13-14H2. The van der Waals surface area contributed by atoms with Crippen molar-refractivity contribution in [1.29, 1.82) is 0 Å². The van der Waals surface area contributed by atoms with Crippen LogP contribution in [0.4, 0.5) is 0 Å². The van der Waals surface area contributed by atoms with Gasteiger partial charge < -0.3 is 16.2 Å². The number of fused-ring (bicyclic) bond motifs is 1. The summed E-state index contributed by atoms with van der Waals surface area (Å²) in [5.41, 5.74) is 12.7. The fraction of sp³-hybridized carbons (Fsp3) is 0.364. The van der Waals surface area contributed by atoms with Gasteiger partial charge in [0.25, 0.3) is 0 Å². The first-order valence-corrected chi connectivity index (χ1v) is 6.53. The molecule has 3 atom stereocenters. The van der Waals surface area contributed by atoms with Gasteiger partial charge in [0.1, 0.15) is 11.1 Å². The molecule has 2 aromatic rings. The molecule has 0 bridgehead atoms. The molecule has 1 fully saturated rings. The Morgan fingerprint density at radius 3 is 2.94 bits per heavy atom. The molecule has 3 rings (SSSR count). The molecule has 0 saturated carbocycles. The van der Waals surface area contributed by atoms with Crippen LogP contribution in [-0.4, -0.2) is 23.7 Å². The van der Waals surface area contributed by atoms with Gasteiger partial charge in [0.15, 0.2) is 0 Å². The molecule has 90 valence electrons. The number of ether oxygens (including phenoxy) is 1. The number of benzene rings is 1. The minimum absolute atomic E-state index is 0.115. The Morgan fingerprint density at radius 2 is 2.24 bits per heavy atom. The number of aromatic nitrogens is 1. The summed E-state index contributed by atoms with van der Waals surface area (Å²) in [4.78, 5) is 4.52. The quantitative estimate of drug-likeness (QED) is 0.826. The van der Waals surface area contributed by atoms with Gasteiger partial charge in [-0.05, 0) is 18.2 Å². The second kappa shape index (κ2) is 4.19. The maximum absolute atomic E-state index is 6.00. The van der Waals surface area contributed by atoms with Crippen LogP contribution in [-0.2, 0) is 4.74 Å². The molecule has 3 unspecified atom stereocenters. The van der Waals surface area contributed by atoms with Gasteiger partial charge in [-0.15, -0.1) is 11.3 Å². The first kappa shape index (κ1) is 11.4. The van der Waals surface area contributed by atoms with Gasteiger partial charge in [-0.25, -0.2) is 4.98 Å². The Labute approximate surface area is 108 Å². The van der Waals surface area contributed by atoms with E-state index in [1.54, 1.807) is 11.3 Å². The van der Waals surface area contributed by atoms with Gasteiger partial charge in [0.05, 0.1) is 22.9 Å². The van der Waals surface area contributed by atoms with Crippen LogP contribution in [0.1, 0.15) is 11.1 Å². The Bertz CT molecular complexity index is 559. The highest BCUT2D eigenvalue weighted by Crippen LogP contribution is 2.34. The van der Waals surface area contributed by atoms with Crippen molar-refractivity contribution < 1.29 is 4.74 Å². The number of nitrogens with zero attached hydrogens (tertiary/aromatic N) is 1. The van der Waals surface area contributed by atoms with E-state index in [1.165, 1.54) is 0 Å². The van der Waals surface area contributed by atoms with Crippen LogP contribution in [0.3, 0.4) is 0 Å². The van der Waals surface area contributed by atoms with Gasteiger partial charge >= 0.3 is 0 Å². The largest absolute Gasteiger partial charge is 0.368 e. The van der Waals surface area contributed by atoms with Gasteiger partial charge in [0.2, 0.25) is 0 Å². The van der Waals surface area contributed by atoms with Crippen molar-refractivity contribution in [2.24, 2.45) is 11.5 Å². The van der Waals surface area contributed by atoms with Crippen LogP contribution in [0.2, 0.25) is 5.02 Å². The van der Waals surface area contributed by atoms with Crippen molar-refractivity contribution in [2.45, 2.75) is 18.2 Å². The van der Waals surface area contributed by atoms with Crippen molar-refractivity contribution in [3.8, 4) is 0 Å². The normalized spacial score (nSPS) is 29.0. The van der Waals surface area contributed by atoms with Gasteiger partial charge in [-0.3, -0.25) is 0 Å². The summed E-state index contributed by atoms with van der Waals surface area (Å²) in [6, 6.07) is 5.33. The number of nitrogens with two attached hydrogens (primary N) is 2. The van der Waals surface area contributed by atoms with E-state index < -0.39 is 0 Å². The topological polar surface area (TPSA) is 74.2 Å². The Hall–Kier alpha value is -0.720. The second-order valence-corrected chi connectivity index (χ2v) is 5.66. The van der Waals surface area contributed by atoms with Crippen LogP contribution < -0.4 is 11.5 Å². The van der Waals surface area contributed by atoms with Crippen LogP contribution in [0.25, 0.3) is 10.2 Å². The summed E-state index contributed by atoms with van der Waals surface area (Å²) >= 11 is 7.50. The lowest BCUT2D eigenvalue weighted by Crippen LogP contribution is -2.40. The average Bonchev–Trinajstić information content (AvgIpc) is 2.83. The predicted molar refractivity (Wildman–Crippen MR) is 69.3 cm³/mol. The Balaban J connectivity index is 2.01. The van der Waals surface area contributed by atoms with E-state index in [2.05, 4.69) is 4.98 Å². The first-order valence-electron chi connectivity index (χ1n) is 5.34. The molecule has 1 aromatic heterocycles. The molecular formula is C11H12ClN3OS. The lowest BCUT2D eigenvalue weighted by atomic mass is 10.1. The van der Waals surface area contributed by atoms with E-state index in [-0.39, 0.29) is 18.2 Å². The SMILES string of the molecule is NC1COC(c2nc3ccc(Cl)cc3s2)C1N. The monoisotopic (exact) mass is 269 g/mol. The van der Waals surface area contributed by atoms with Crippen LogP contribution in [0.5, 0.6) is 0 Å². The third-order valence-electron chi connectivity index (χ3n) is 2.92. The third-order valence-corrected chi connectivity index (χ3v) is 4.24. The zero-order valence-electron chi connectivity index (χ0n) is 8.97. The second-order valence-electron chi connectivity index (χ2n) is 4.16. The summed E-state index contributed by atoms with van der Waals surface area (Å²) in [6.07, 6.45) is -0.193. The number of halogens is 1. The number of rotatable bonds is 1. The fourth-order valence-corrected chi connectivity index (χ4v) is 3.29. The fourth-order valence-electron chi connectivity index (χ4n) is 1.94. The highest BCUT2D eigenvalue weighted by molar-refractivity contribution is 7.18. The lowest BCUT2D eigenvalue weighted by Gasteiger charge is -2.12. The molecule has 4 N–H and O–H groups in total. The van der Waals surface area contributed by atoms with Gasteiger partial charge in [-0.2, -0.15) is 0 Å². The Kier molecular flexibility index (Phi) is 2.80. The molecule has 1 saturated heterocycles. The molecule has 1 aliphatic rings. The van der Waals surface area contributed by atoms with E-state index in [4.69, 9.17) is 27.8 Å². The highest BCUT2D eigenvalue weighted by Gasteiger charge is 2.35. The zero-order valence-corrected chi connectivity index (χ0v) is 10.5. The van der Waals surface area contributed by atoms with Gasteiger partial charge in [-0.1, -0.05) is 11.6 Å². The highest BCUT2D eigenvalue weighted by atomic mass is 35.5. The minimum atomic E-state index is -0.193. The summed E-state index contributed by atoms with van der Waals surface area (Å²) in [6.45, 7) is 0.489. The first-order chi connectivity index (χ1) is 8.15. The van der Waals surface area contributed by atoms with Gasteiger partial charge in [0, 0.05) is 11.1 Å². The maximum atomic E-state index is 6.00. The summed E-state index contributed by atoms with van der Waals surface area (Å²) in [5, 5.41) is 1.59. The van der Waals surface area contributed by atoms with E-state index in [0.717, 1.165) is 15.2 Å². The summed E-state index contributed by atoms with van der Waals surface area (Å²) in [5.74, 6) is 0. The van der Waals surface area contributed by atoms with Crippen molar-refractivity contribution in [2.75, 3.05) is 6.61 Å². The van der Waals surface area contributed by atoms with Crippen molar-refractivity contribution >= 4 is 33.2 Å². The van der Waals surface area contributed by atoms with Crippen LogP contribution in [0, 0.1) is 0 Å². The van der Waals surface area contributed by atoms with E-state index >= 15 is 0 Å². The van der Waals surface area contributed by atoms with E-state index in [0.29, 0.717) is 11.6 Å². The van der Waals surface area contributed by atoms with Crippen LogP contribution in [0.15, 0.2) is 18.2 Å². The minimum Gasteiger partial charge on any atom is -0.368 e. The molecule has 6 heteroatoms. The smallest absolute Gasteiger partial charge is 0.126 e. The molecule has 0 radical (unpaired) electrons. The molecule has 0 aliphatic carbocycles. The maximum Gasteiger partial charge on any atom is 0.126 e. The van der Waals surface area contributed by atoms with E-state index in [9.17, 15) is 0 Å². The van der Waals surface area contributed by atoms with Crippen LogP contribution >= 0.6 is 22.9 Å². The zero-order chi connectivity index (χ0) is 12.0. The number of thiazole rings is 1. The molecular weight excluding hydrogens is 258 g/mol. The van der Waals surface area contributed by atoms with Crippen molar-refractivity contribution in [1.82, 2.24) is 4.98 Å². The van der Waals surface area contributed by atoms with Crippen molar-refractivity contribution in [3.63, 3.8) is 0 Å². The Morgan fingerprint density at radius 1 is 1.41 bits per heavy atom. The summed E-state index contributed by atoms with van der Waals surface area (Å²) in [7, 11) is 0. The average molecular weight is 270 g/mol. The third kappa shape index (κ3) is 1.94. The molecule has 0 amide bonds. The van der Waals surface area contributed by atoms with E-state index in [1.807, 2.05) is 18.2 Å². The molecule has 1 aromatic carbocycles. The lowest BCUT2D eigenvalue weighted by molar-refractivity contribution is 0.104. The van der Waals surface area contributed by atoms with Crippen molar-refractivity contribution in [3.05, 3.63) is 28.2 Å². The molecule has 4 nitrogen and oxygen atoms in total. The number of hydrogen-bond donors (Lipinski definition) is 2. The summed E-state index contributed by atoms with van der Waals surface area (Å²) < 4.78 is 6.63. The molecule has 0 spiro atoms. The molecule has 2 heterocycles. The number of hydrogen-bond acceptors (Lipinski definition) is 5.